The lowest BCUT2D eigenvalue weighted by atomic mass is 9.98. The van der Waals surface area contributed by atoms with Gasteiger partial charge in [0.25, 0.3) is 0 Å². The number of likely N-dealkylation sites (N-methyl/N-ethyl adjacent to an activating group) is 1. The minimum absolute atomic E-state index is 0.198. The number of hydrogen-bond donors (Lipinski definition) is 1. The number of carbonyl (C=O) groups excluding carboxylic acids is 1. The molecule has 0 aromatic rings. The third kappa shape index (κ3) is 2.49. The highest BCUT2D eigenvalue weighted by Gasteiger charge is 2.29. The van der Waals surface area contributed by atoms with Gasteiger partial charge in [0, 0.05) is 38.8 Å². The van der Waals surface area contributed by atoms with Crippen molar-refractivity contribution in [3.63, 3.8) is 0 Å². The van der Waals surface area contributed by atoms with Crippen molar-refractivity contribution in [2.75, 3.05) is 33.4 Å². The fraction of sp³-hybridized carbons (Fsp3) is 0.909. The van der Waals surface area contributed by atoms with Crippen molar-refractivity contribution in [3.05, 3.63) is 0 Å². The molecule has 2 heterocycles. The van der Waals surface area contributed by atoms with Crippen molar-refractivity contribution in [2.45, 2.75) is 25.3 Å². The van der Waals surface area contributed by atoms with Gasteiger partial charge in [-0.3, -0.25) is 4.79 Å². The van der Waals surface area contributed by atoms with Crippen molar-refractivity contribution >= 4 is 5.91 Å². The molecule has 2 aliphatic heterocycles. The predicted octanol–water partition coefficient (Wildman–Crippen LogP) is 0.233. The molecule has 2 saturated heterocycles. The van der Waals surface area contributed by atoms with Gasteiger partial charge in [0.2, 0.25) is 5.91 Å². The molecular weight excluding hydrogens is 192 g/mol. The van der Waals surface area contributed by atoms with Crippen LogP contribution in [-0.4, -0.2) is 50.2 Å². The van der Waals surface area contributed by atoms with E-state index in [0.717, 1.165) is 45.6 Å². The van der Waals surface area contributed by atoms with Crippen LogP contribution >= 0.6 is 0 Å². The molecule has 0 aromatic heterocycles. The molecule has 2 rings (SSSR count). The normalized spacial score (nSPS) is 27.9. The lowest BCUT2D eigenvalue weighted by molar-refractivity contribution is -0.139. The molecule has 86 valence electrons. The van der Waals surface area contributed by atoms with Gasteiger partial charge in [0.15, 0.2) is 0 Å². The van der Waals surface area contributed by atoms with Gasteiger partial charge < -0.3 is 15.0 Å². The molecule has 4 heteroatoms. The second kappa shape index (κ2) is 4.94. The summed E-state index contributed by atoms with van der Waals surface area (Å²) in [4.78, 5) is 14.1. The maximum atomic E-state index is 12.1. The Balaban J connectivity index is 1.87. The van der Waals surface area contributed by atoms with Crippen LogP contribution in [0.1, 0.15) is 19.3 Å². The number of nitrogens with zero attached hydrogens (tertiary/aromatic N) is 1. The summed E-state index contributed by atoms with van der Waals surface area (Å²) >= 11 is 0. The van der Waals surface area contributed by atoms with Gasteiger partial charge in [0.05, 0.1) is 0 Å². The summed E-state index contributed by atoms with van der Waals surface area (Å²) in [6.45, 7) is 3.47. The van der Waals surface area contributed by atoms with Crippen molar-refractivity contribution in [1.82, 2.24) is 10.2 Å². The number of amides is 1. The maximum Gasteiger partial charge on any atom is 0.225 e. The Morgan fingerprint density at radius 2 is 2.07 bits per heavy atom. The SMILES string of the molecule is CN(C(=O)C1CCOCC1)[C@H]1CCNC1. The molecule has 0 spiro atoms. The van der Waals surface area contributed by atoms with Gasteiger partial charge in [-0.25, -0.2) is 0 Å². The van der Waals surface area contributed by atoms with E-state index in [0.29, 0.717) is 11.9 Å². The summed E-state index contributed by atoms with van der Waals surface area (Å²) in [5.74, 6) is 0.511. The van der Waals surface area contributed by atoms with Crippen LogP contribution in [0, 0.1) is 5.92 Å². The van der Waals surface area contributed by atoms with Crippen molar-refractivity contribution in [3.8, 4) is 0 Å². The van der Waals surface area contributed by atoms with Crippen LogP contribution in [0.25, 0.3) is 0 Å². The number of ether oxygens (including phenoxy) is 1. The largest absolute Gasteiger partial charge is 0.381 e. The molecule has 0 bridgehead atoms. The van der Waals surface area contributed by atoms with Crippen LogP contribution < -0.4 is 5.32 Å². The second-order valence-corrected chi connectivity index (χ2v) is 4.48. The van der Waals surface area contributed by atoms with Crippen molar-refractivity contribution in [1.29, 1.82) is 0 Å². The Morgan fingerprint density at radius 3 is 2.67 bits per heavy atom. The first kappa shape index (κ1) is 10.9. The smallest absolute Gasteiger partial charge is 0.225 e. The van der Waals surface area contributed by atoms with Crippen LogP contribution in [0.4, 0.5) is 0 Å². The first-order valence-corrected chi connectivity index (χ1v) is 5.84. The Morgan fingerprint density at radius 1 is 1.33 bits per heavy atom. The third-order valence-electron chi connectivity index (χ3n) is 3.50. The highest BCUT2D eigenvalue weighted by molar-refractivity contribution is 5.79. The second-order valence-electron chi connectivity index (χ2n) is 4.48. The summed E-state index contributed by atoms with van der Waals surface area (Å²) in [7, 11) is 1.94. The zero-order valence-corrected chi connectivity index (χ0v) is 9.37. The highest BCUT2D eigenvalue weighted by atomic mass is 16.5. The molecule has 2 aliphatic rings. The predicted molar refractivity (Wildman–Crippen MR) is 57.6 cm³/mol. The van der Waals surface area contributed by atoms with Crippen LogP contribution in [-0.2, 0) is 9.53 Å². The Bertz CT molecular complexity index is 221. The van der Waals surface area contributed by atoms with E-state index < -0.39 is 0 Å². The Hall–Kier alpha value is -0.610. The lowest BCUT2D eigenvalue weighted by Crippen LogP contribution is -2.43. The van der Waals surface area contributed by atoms with E-state index in [-0.39, 0.29) is 5.92 Å². The summed E-state index contributed by atoms with van der Waals surface area (Å²) in [6.07, 6.45) is 2.87. The zero-order valence-electron chi connectivity index (χ0n) is 9.37. The molecule has 4 nitrogen and oxygen atoms in total. The lowest BCUT2D eigenvalue weighted by Gasteiger charge is -2.30. The van der Waals surface area contributed by atoms with Gasteiger partial charge in [-0.05, 0) is 25.8 Å². The zero-order chi connectivity index (χ0) is 10.7. The van der Waals surface area contributed by atoms with Gasteiger partial charge in [-0.1, -0.05) is 0 Å². The molecule has 1 amide bonds. The van der Waals surface area contributed by atoms with Crippen LogP contribution in [0.2, 0.25) is 0 Å². The van der Waals surface area contributed by atoms with E-state index in [9.17, 15) is 4.79 Å². The van der Waals surface area contributed by atoms with Gasteiger partial charge in [-0.15, -0.1) is 0 Å². The average molecular weight is 212 g/mol. The fourth-order valence-corrected chi connectivity index (χ4v) is 2.38. The minimum Gasteiger partial charge on any atom is -0.381 e. The summed E-state index contributed by atoms with van der Waals surface area (Å²) in [5.41, 5.74) is 0. The van der Waals surface area contributed by atoms with Crippen molar-refractivity contribution < 1.29 is 9.53 Å². The molecule has 15 heavy (non-hydrogen) atoms. The minimum atomic E-state index is 0.198. The molecule has 1 N–H and O–H groups in total. The number of carbonyl (C=O) groups is 1. The van der Waals surface area contributed by atoms with E-state index in [1.807, 2.05) is 11.9 Å². The molecular formula is C11H20N2O2. The average Bonchev–Trinajstić information content (AvgIpc) is 2.82. The van der Waals surface area contributed by atoms with E-state index in [4.69, 9.17) is 4.74 Å². The highest BCUT2D eigenvalue weighted by Crippen LogP contribution is 2.19. The summed E-state index contributed by atoms with van der Waals surface area (Å²) < 4.78 is 5.27. The topological polar surface area (TPSA) is 41.6 Å². The molecule has 0 radical (unpaired) electrons. The van der Waals surface area contributed by atoms with Gasteiger partial charge in [0.1, 0.15) is 0 Å². The number of hydrogen-bond acceptors (Lipinski definition) is 3. The summed E-state index contributed by atoms with van der Waals surface area (Å²) in [6, 6.07) is 0.403. The number of rotatable bonds is 2. The van der Waals surface area contributed by atoms with Gasteiger partial charge in [-0.2, -0.15) is 0 Å². The molecule has 2 fully saturated rings. The molecule has 0 saturated carbocycles. The Kier molecular flexibility index (Phi) is 3.59. The quantitative estimate of drug-likeness (QED) is 0.712. The maximum absolute atomic E-state index is 12.1. The van der Waals surface area contributed by atoms with Crippen LogP contribution in [0.3, 0.4) is 0 Å². The molecule has 0 unspecified atom stereocenters. The van der Waals surface area contributed by atoms with Crippen LogP contribution in [0.15, 0.2) is 0 Å². The first-order valence-electron chi connectivity index (χ1n) is 5.84. The van der Waals surface area contributed by atoms with Crippen LogP contribution in [0.5, 0.6) is 0 Å². The number of nitrogens with one attached hydrogen (secondary N) is 1. The molecule has 1 atom stereocenters. The van der Waals surface area contributed by atoms with E-state index in [2.05, 4.69) is 5.32 Å². The standard InChI is InChI=1S/C11H20N2O2/c1-13(10-2-5-12-8-10)11(14)9-3-6-15-7-4-9/h9-10,12H,2-8H2,1H3/t10-/m0/s1. The van der Waals surface area contributed by atoms with E-state index >= 15 is 0 Å². The first-order chi connectivity index (χ1) is 7.29. The van der Waals surface area contributed by atoms with Crippen molar-refractivity contribution in [2.24, 2.45) is 5.92 Å². The molecule has 0 aromatic carbocycles. The third-order valence-corrected chi connectivity index (χ3v) is 3.50. The van der Waals surface area contributed by atoms with Gasteiger partial charge >= 0.3 is 0 Å². The van der Waals surface area contributed by atoms with E-state index in [1.54, 1.807) is 0 Å². The molecule has 0 aliphatic carbocycles. The Labute approximate surface area is 91.0 Å². The van der Waals surface area contributed by atoms with E-state index in [1.165, 1.54) is 0 Å². The fourth-order valence-electron chi connectivity index (χ4n) is 2.38. The monoisotopic (exact) mass is 212 g/mol. The summed E-state index contributed by atoms with van der Waals surface area (Å²) in [5, 5.41) is 3.29.